The molecule has 2 rings (SSSR count). The highest BCUT2D eigenvalue weighted by Crippen LogP contribution is 2.30. The summed E-state index contributed by atoms with van der Waals surface area (Å²) in [5, 5.41) is 0. The molecule has 2 heterocycles. The van der Waals surface area contributed by atoms with Gasteiger partial charge in [0.15, 0.2) is 0 Å². The first kappa shape index (κ1) is 10.6. The largest absolute Gasteiger partial charge is 0.330 e. The molecule has 1 aliphatic rings. The quantitative estimate of drug-likeness (QED) is 0.811. The van der Waals surface area contributed by atoms with Crippen molar-refractivity contribution in [2.45, 2.75) is 25.3 Å². The minimum atomic E-state index is 0.574. The Bertz CT molecular complexity index is 286. The van der Waals surface area contributed by atoms with Gasteiger partial charge in [0.05, 0.1) is 0 Å². The third-order valence-electron chi connectivity index (χ3n) is 3.08. The van der Waals surface area contributed by atoms with E-state index in [0.29, 0.717) is 6.04 Å². The molecule has 0 bridgehead atoms. The minimum Gasteiger partial charge on any atom is -0.330 e. The van der Waals surface area contributed by atoms with Crippen LogP contribution in [0.15, 0.2) is 24.5 Å². The van der Waals surface area contributed by atoms with Gasteiger partial charge in [-0.25, -0.2) is 0 Å². The topological polar surface area (TPSA) is 42.1 Å². The number of likely N-dealkylation sites (tertiary alicyclic amines) is 1. The second-order valence-corrected chi connectivity index (χ2v) is 4.12. The number of nitrogens with zero attached hydrogens (tertiary/aromatic N) is 2. The molecule has 0 spiro atoms. The molecule has 1 aromatic heterocycles. The fourth-order valence-electron chi connectivity index (χ4n) is 2.34. The van der Waals surface area contributed by atoms with Crippen molar-refractivity contribution in [2.24, 2.45) is 5.73 Å². The van der Waals surface area contributed by atoms with Crippen LogP contribution in [0.2, 0.25) is 0 Å². The first-order chi connectivity index (χ1) is 7.42. The Hall–Kier alpha value is -0.930. The Morgan fingerprint density at radius 2 is 2.47 bits per heavy atom. The predicted molar refractivity (Wildman–Crippen MR) is 61.5 cm³/mol. The lowest BCUT2D eigenvalue weighted by Crippen LogP contribution is -2.26. The summed E-state index contributed by atoms with van der Waals surface area (Å²) < 4.78 is 0. The van der Waals surface area contributed by atoms with Crippen LogP contribution < -0.4 is 5.73 Å². The molecule has 1 aromatic rings. The molecule has 15 heavy (non-hydrogen) atoms. The Morgan fingerprint density at radius 1 is 1.53 bits per heavy atom. The van der Waals surface area contributed by atoms with E-state index < -0.39 is 0 Å². The fourth-order valence-corrected chi connectivity index (χ4v) is 2.34. The van der Waals surface area contributed by atoms with Gasteiger partial charge >= 0.3 is 0 Å². The van der Waals surface area contributed by atoms with Crippen LogP contribution in [0.1, 0.15) is 30.9 Å². The summed E-state index contributed by atoms with van der Waals surface area (Å²) in [7, 11) is 0. The summed E-state index contributed by atoms with van der Waals surface area (Å²) in [5.41, 5.74) is 6.91. The number of rotatable bonds is 4. The van der Waals surface area contributed by atoms with Gasteiger partial charge in [-0.1, -0.05) is 6.07 Å². The van der Waals surface area contributed by atoms with Crippen molar-refractivity contribution in [1.29, 1.82) is 0 Å². The van der Waals surface area contributed by atoms with E-state index in [1.807, 2.05) is 18.5 Å². The van der Waals surface area contributed by atoms with E-state index in [-0.39, 0.29) is 0 Å². The van der Waals surface area contributed by atoms with Crippen molar-refractivity contribution in [1.82, 2.24) is 9.88 Å². The van der Waals surface area contributed by atoms with Crippen LogP contribution in [0.25, 0.3) is 0 Å². The van der Waals surface area contributed by atoms with Crippen molar-refractivity contribution in [3.8, 4) is 0 Å². The fraction of sp³-hybridized carbons (Fsp3) is 0.583. The molecule has 0 saturated carbocycles. The van der Waals surface area contributed by atoms with Crippen LogP contribution in [-0.4, -0.2) is 29.5 Å². The maximum Gasteiger partial charge on any atom is 0.0363 e. The summed E-state index contributed by atoms with van der Waals surface area (Å²) in [6.45, 7) is 3.12. The van der Waals surface area contributed by atoms with Crippen molar-refractivity contribution in [2.75, 3.05) is 19.6 Å². The van der Waals surface area contributed by atoms with Gasteiger partial charge in [-0.05, 0) is 50.5 Å². The first-order valence-corrected chi connectivity index (χ1v) is 5.76. The summed E-state index contributed by atoms with van der Waals surface area (Å²) in [6, 6.07) is 4.78. The molecular formula is C12H19N3. The van der Waals surface area contributed by atoms with Crippen molar-refractivity contribution in [3.05, 3.63) is 30.1 Å². The van der Waals surface area contributed by atoms with Crippen LogP contribution in [0, 0.1) is 0 Å². The van der Waals surface area contributed by atoms with Crippen LogP contribution in [0.3, 0.4) is 0 Å². The lowest BCUT2D eigenvalue weighted by molar-refractivity contribution is 0.255. The standard InChI is InChI=1S/C12H19N3/c13-6-3-9-15-8-2-5-12(15)11-4-1-7-14-10-11/h1,4,7,10,12H,2-3,5-6,8-9,13H2/t12-/m1/s1. The van der Waals surface area contributed by atoms with Crippen molar-refractivity contribution in [3.63, 3.8) is 0 Å². The second kappa shape index (κ2) is 5.24. The van der Waals surface area contributed by atoms with Crippen LogP contribution >= 0.6 is 0 Å². The van der Waals surface area contributed by atoms with Crippen LogP contribution in [0.5, 0.6) is 0 Å². The molecule has 1 atom stereocenters. The molecule has 0 aromatic carbocycles. The van der Waals surface area contributed by atoms with Gasteiger partial charge in [0.25, 0.3) is 0 Å². The maximum atomic E-state index is 5.55. The number of aromatic nitrogens is 1. The van der Waals surface area contributed by atoms with E-state index in [1.54, 1.807) is 0 Å². The van der Waals surface area contributed by atoms with E-state index in [2.05, 4.69) is 16.0 Å². The summed E-state index contributed by atoms with van der Waals surface area (Å²) >= 11 is 0. The molecule has 2 N–H and O–H groups in total. The molecule has 1 saturated heterocycles. The third kappa shape index (κ3) is 2.55. The van der Waals surface area contributed by atoms with E-state index in [4.69, 9.17) is 5.73 Å². The third-order valence-corrected chi connectivity index (χ3v) is 3.08. The molecular weight excluding hydrogens is 186 g/mol. The van der Waals surface area contributed by atoms with E-state index >= 15 is 0 Å². The van der Waals surface area contributed by atoms with Gasteiger partial charge in [0.1, 0.15) is 0 Å². The number of pyridine rings is 1. The number of hydrogen-bond acceptors (Lipinski definition) is 3. The Morgan fingerprint density at radius 3 is 3.20 bits per heavy atom. The van der Waals surface area contributed by atoms with E-state index in [0.717, 1.165) is 19.5 Å². The highest BCUT2D eigenvalue weighted by molar-refractivity contribution is 5.15. The molecule has 1 fully saturated rings. The Balaban J connectivity index is 2.01. The zero-order chi connectivity index (χ0) is 10.5. The van der Waals surface area contributed by atoms with Gasteiger partial charge in [-0.15, -0.1) is 0 Å². The number of hydrogen-bond donors (Lipinski definition) is 1. The SMILES string of the molecule is NCCCN1CCC[C@@H]1c1cccnc1. The zero-order valence-electron chi connectivity index (χ0n) is 9.10. The normalized spacial score (nSPS) is 22.1. The predicted octanol–water partition coefficient (Wildman–Crippen LogP) is 1.57. The molecule has 1 aliphatic heterocycles. The number of nitrogens with two attached hydrogens (primary N) is 1. The smallest absolute Gasteiger partial charge is 0.0363 e. The Kier molecular flexibility index (Phi) is 3.69. The van der Waals surface area contributed by atoms with E-state index in [9.17, 15) is 0 Å². The monoisotopic (exact) mass is 205 g/mol. The average Bonchev–Trinajstić information content (AvgIpc) is 2.75. The summed E-state index contributed by atoms with van der Waals surface area (Å²) in [5.74, 6) is 0. The van der Waals surface area contributed by atoms with Crippen molar-refractivity contribution < 1.29 is 0 Å². The Labute approximate surface area is 91.3 Å². The van der Waals surface area contributed by atoms with E-state index in [1.165, 1.54) is 24.9 Å². The van der Waals surface area contributed by atoms with Crippen LogP contribution in [0.4, 0.5) is 0 Å². The first-order valence-electron chi connectivity index (χ1n) is 5.76. The molecule has 0 unspecified atom stereocenters. The zero-order valence-corrected chi connectivity index (χ0v) is 9.10. The molecule has 3 nitrogen and oxygen atoms in total. The van der Waals surface area contributed by atoms with Gasteiger partial charge in [-0.2, -0.15) is 0 Å². The highest BCUT2D eigenvalue weighted by Gasteiger charge is 2.24. The van der Waals surface area contributed by atoms with Gasteiger partial charge in [0, 0.05) is 18.4 Å². The molecule has 0 amide bonds. The lowest BCUT2D eigenvalue weighted by atomic mass is 10.1. The minimum absolute atomic E-state index is 0.574. The summed E-state index contributed by atoms with van der Waals surface area (Å²) in [6.07, 6.45) is 7.48. The lowest BCUT2D eigenvalue weighted by Gasteiger charge is -2.24. The molecule has 3 heteroatoms. The van der Waals surface area contributed by atoms with Gasteiger partial charge in [-0.3, -0.25) is 9.88 Å². The van der Waals surface area contributed by atoms with Crippen molar-refractivity contribution >= 4 is 0 Å². The van der Waals surface area contributed by atoms with Crippen LogP contribution in [-0.2, 0) is 0 Å². The maximum absolute atomic E-state index is 5.55. The second-order valence-electron chi connectivity index (χ2n) is 4.12. The van der Waals surface area contributed by atoms with Gasteiger partial charge < -0.3 is 5.73 Å². The molecule has 0 aliphatic carbocycles. The highest BCUT2D eigenvalue weighted by atomic mass is 15.2. The average molecular weight is 205 g/mol. The summed E-state index contributed by atoms with van der Waals surface area (Å²) in [4.78, 5) is 6.72. The molecule has 0 radical (unpaired) electrons. The molecule has 82 valence electrons. The van der Waals surface area contributed by atoms with Gasteiger partial charge in [0.2, 0.25) is 0 Å².